The van der Waals surface area contributed by atoms with Crippen LogP contribution in [-0.4, -0.2) is 42.4 Å². The normalized spacial score (nSPS) is 14.4. The van der Waals surface area contributed by atoms with Gasteiger partial charge in [0.15, 0.2) is 5.13 Å². The van der Waals surface area contributed by atoms with Gasteiger partial charge in [0.05, 0.1) is 29.2 Å². The van der Waals surface area contributed by atoms with E-state index < -0.39 is 21.0 Å². The van der Waals surface area contributed by atoms with Crippen molar-refractivity contribution in [3.8, 4) is 0 Å². The third-order valence-electron chi connectivity index (χ3n) is 4.09. The second-order valence-corrected chi connectivity index (χ2v) is 8.79. The van der Waals surface area contributed by atoms with E-state index in [4.69, 9.17) is 0 Å². The number of non-ortho nitro benzene ring substituents is 1. The van der Waals surface area contributed by atoms with E-state index in [0.29, 0.717) is 27.7 Å². The summed E-state index contributed by atoms with van der Waals surface area (Å²) in [4.78, 5) is 26.6. The number of nitro benzene ring substituents is 1. The molecule has 27 heavy (non-hydrogen) atoms. The summed E-state index contributed by atoms with van der Waals surface area (Å²) in [5.41, 5.74) is 0.872. The first-order valence-electron chi connectivity index (χ1n) is 7.81. The topological polar surface area (TPSA) is 132 Å². The van der Waals surface area contributed by atoms with Crippen molar-refractivity contribution in [1.29, 1.82) is 0 Å². The Hall–Kier alpha value is -2.57. The number of carbonyl (C=O) groups is 1. The van der Waals surface area contributed by atoms with Gasteiger partial charge in [0.25, 0.3) is 5.69 Å². The second kappa shape index (κ2) is 7.21. The van der Waals surface area contributed by atoms with Crippen molar-refractivity contribution in [2.24, 2.45) is 0 Å². The Morgan fingerprint density at radius 1 is 1.44 bits per heavy atom. The Morgan fingerprint density at radius 3 is 2.85 bits per heavy atom. The van der Waals surface area contributed by atoms with Crippen LogP contribution in [0.4, 0.5) is 15.6 Å². The lowest BCUT2D eigenvalue weighted by Crippen LogP contribution is -2.35. The fourth-order valence-corrected chi connectivity index (χ4v) is 5.43. The first kappa shape index (κ1) is 19.2. The van der Waals surface area contributed by atoms with Crippen molar-refractivity contribution in [2.45, 2.75) is 24.8 Å². The van der Waals surface area contributed by atoms with E-state index in [0.717, 1.165) is 6.07 Å². The minimum Gasteiger partial charge on any atom is -0.453 e. The van der Waals surface area contributed by atoms with Gasteiger partial charge in [-0.25, -0.2) is 18.2 Å². The van der Waals surface area contributed by atoms with Gasteiger partial charge in [0.1, 0.15) is 0 Å². The number of anilines is 1. The number of ether oxygens (including phenoxy) is 1. The summed E-state index contributed by atoms with van der Waals surface area (Å²) in [5, 5.41) is 13.8. The molecule has 1 aliphatic rings. The summed E-state index contributed by atoms with van der Waals surface area (Å²) in [7, 11) is -2.68. The number of fused-ring (bicyclic) bond motifs is 1. The van der Waals surface area contributed by atoms with Crippen LogP contribution in [0, 0.1) is 17.0 Å². The highest BCUT2D eigenvalue weighted by Crippen LogP contribution is 2.32. The molecule has 10 nitrogen and oxygen atoms in total. The Labute approximate surface area is 159 Å². The number of hydrogen-bond acceptors (Lipinski definition) is 8. The van der Waals surface area contributed by atoms with Crippen LogP contribution in [0.5, 0.6) is 0 Å². The first-order valence-corrected chi connectivity index (χ1v) is 10.1. The summed E-state index contributed by atoms with van der Waals surface area (Å²) < 4.78 is 31.8. The molecule has 0 atom stereocenters. The van der Waals surface area contributed by atoms with Gasteiger partial charge in [-0.1, -0.05) is 17.4 Å². The molecule has 0 unspecified atom stereocenters. The van der Waals surface area contributed by atoms with Gasteiger partial charge in [-0.3, -0.25) is 15.4 Å². The zero-order valence-electron chi connectivity index (χ0n) is 14.5. The van der Waals surface area contributed by atoms with E-state index in [-0.39, 0.29) is 23.7 Å². The van der Waals surface area contributed by atoms with Crippen LogP contribution in [-0.2, 0) is 27.7 Å². The number of sulfonamides is 1. The molecule has 1 aliphatic heterocycles. The summed E-state index contributed by atoms with van der Waals surface area (Å²) in [5.74, 6) is 0. The minimum absolute atomic E-state index is 0.0836. The molecule has 0 spiro atoms. The molecule has 0 aliphatic carbocycles. The molecule has 0 fully saturated rings. The maximum Gasteiger partial charge on any atom is 0.413 e. The Kier molecular flexibility index (Phi) is 5.13. The zero-order valence-corrected chi connectivity index (χ0v) is 16.1. The molecular formula is C15H16N4O6S2. The van der Waals surface area contributed by atoms with E-state index in [9.17, 15) is 23.3 Å². The van der Waals surface area contributed by atoms with Crippen molar-refractivity contribution in [1.82, 2.24) is 9.29 Å². The van der Waals surface area contributed by atoms with Crippen molar-refractivity contribution >= 4 is 38.3 Å². The molecule has 2 aromatic rings. The molecule has 1 N–H and O–H groups in total. The lowest BCUT2D eigenvalue weighted by Gasteiger charge is -2.25. The number of benzene rings is 1. The van der Waals surface area contributed by atoms with Gasteiger partial charge in [-0.15, -0.1) is 0 Å². The average Bonchev–Trinajstić information content (AvgIpc) is 3.02. The molecule has 0 bridgehead atoms. The smallest absolute Gasteiger partial charge is 0.413 e. The van der Waals surface area contributed by atoms with Gasteiger partial charge >= 0.3 is 6.09 Å². The van der Waals surface area contributed by atoms with Gasteiger partial charge in [0.2, 0.25) is 10.0 Å². The molecule has 144 valence electrons. The summed E-state index contributed by atoms with van der Waals surface area (Å²) >= 11 is 1.17. The lowest BCUT2D eigenvalue weighted by molar-refractivity contribution is -0.385. The average molecular weight is 412 g/mol. The maximum atomic E-state index is 13.0. The maximum absolute atomic E-state index is 13.0. The Bertz CT molecular complexity index is 1020. The van der Waals surface area contributed by atoms with Crippen LogP contribution < -0.4 is 5.32 Å². The largest absolute Gasteiger partial charge is 0.453 e. The Balaban J connectivity index is 1.89. The number of methoxy groups -OCH3 is 1. The highest BCUT2D eigenvalue weighted by Gasteiger charge is 2.32. The second-order valence-electron chi connectivity index (χ2n) is 5.80. The lowest BCUT2D eigenvalue weighted by atomic mass is 10.2. The van der Waals surface area contributed by atoms with E-state index >= 15 is 0 Å². The van der Waals surface area contributed by atoms with Crippen LogP contribution in [0.15, 0.2) is 23.1 Å². The quantitative estimate of drug-likeness (QED) is 0.602. The van der Waals surface area contributed by atoms with Gasteiger partial charge in [-0.05, 0) is 12.5 Å². The molecule has 1 aromatic carbocycles. The summed E-state index contributed by atoms with van der Waals surface area (Å²) in [6.45, 7) is 1.87. The van der Waals surface area contributed by atoms with E-state index in [1.54, 1.807) is 6.92 Å². The van der Waals surface area contributed by atoms with E-state index in [1.165, 1.54) is 34.9 Å². The van der Waals surface area contributed by atoms with Crippen LogP contribution in [0.1, 0.15) is 16.1 Å². The summed E-state index contributed by atoms with van der Waals surface area (Å²) in [6, 6.07) is 3.78. The number of nitrogens with zero attached hydrogens (tertiary/aromatic N) is 3. The number of aryl methyl sites for hydroxylation is 1. The predicted octanol–water partition coefficient (Wildman–Crippen LogP) is 2.29. The van der Waals surface area contributed by atoms with Crippen LogP contribution in [0.2, 0.25) is 0 Å². The Morgan fingerprint density at radius 2 is 2.19 bits per heavy atom. The highest BCUT2D eigenvalue weighted by molar-refractivity contribution is 7.89. The number of nitrogens with one attached hydrogen (secondary N) is 1. The fourth-order valence-electron chi connectivity index (χ4n) is 2.69. The molecular weight excluding hydrogens is 396 g/mol. The van der Waals surface area contributed by atoms with E-state index in [2.05, 4.69) is 15.0 Å². The number of rotatable bonds is 4. The van der Waals surface area contributed by atoms with Crippen molar-refractivity contribution in [3.05, 3.63) is 44.4 Å². The SMILES string of the molecule is COC(=O)Nc1nc2c(s1)CN(S(=O)(=O)c1cc([N+](=O)[O-])ccc1C)CC2. The predicted molar refractivity (Wildman–Crippen MR) is 97.3 cm³/mol. The molecule has 1 aromatic heterocycles. The number of amides is 1. The van der Waals surface area contributed by atoms with Crippen molar-refractivity contribution in [3.63, 3.8) is 0 Å². The standard InChI is InChI=1S/C15H16N4O6S2/c1-9-3-4-10(19(21)22)7-13(9)27(23,24)18-6-5-11-12(8-18)26-14(16-11)17-15(20)25-2/h3-4,7H,5-6,8H2,1-2H3,(H,16,17,20). The molecule has 1 amide bonds. The zero-order chi connectivity index (χ0) is 19.8. The molecule has 0 saturated carbocycles. The van der Waals surface area contributed by atoms with Gasteiger partial charge in [0, 0.05) is 30.0 Å². The molecule has 0 saturated heterocycles. The third kappa shape index (κ3) is 3.77. The van der Waals surface area contributed by atoms with Gasteiger partial charge in [-0.2, -0.15) is 4.31 Å². The highest BCUT2D eigenvalue weighted by atomic mass is 32.2. The van der Waals surface area contributed by atoms with Crippen LogP contribution >= 0.6 is 11.3 Å². The van der Waals surface area contributed by atoms with Crippen LogP contribution in [0.25, 0.3) is 0 Å². The summed E-state index contributed by atoms with van der Waals surface area (Å²) in [6.07, 6.45) is -0.278. The number of aromatic nitrogens is 1. The minimum atomic E-state index is -3.91. The molecule has 0 radical (unpaired) electrons. The number of thiazole rings is 1. The number of carbonyl (C=O) groups excluding carboxylic acids is 1. The van der Waals surface area contributed by atoms with Gasteiger partial charge < -0.3 is 4.74 Å². The van der Waals surface area contributed by atoms with Crippen LogP contribution in [0.3, 0.4) is 0 Å². The molecule has 3 rings (SSSR count). The monoisotopic (exact) mass is 412 g/mol. The molecule has 12 heteroatoms. The fraction of sp³-hybridized carbons (Fsp3) is 0.333. The first-order chi connectivity index (χ1) is 12.7. The van der Waals surface area contributed by atoms with Crippen molar-refractivity contribution < 1.29 is 22.9 Å². The molecule has 2 heterocycles. The van der Waals surface area contributed by atoms with E-state index in [1.807, 2.05) is 0 Å². The number of hydrogen-bond donors (Lipinski definition) is 1. The third-order valence-corrected chi connectivity index (χ3v) is 7.08. The van der Waals surface area contributed by atoms with Crippen molar-refractivity contribution in [2.75, 3.05) is 19.0 Å². The number of nitro groups is 1.